The number of amides is 1. The average molecular weight is 452 g/mol. The summed E-state index contributed by atoms with van der Waals surface area (Å²) < 4.78 is 12.8. The molecule has 2 aliphatic heterocycles. The third kappa shape index (κ3) is 4.44. The van der Waals surface area contributed by atoms with Gasteiger partial charge in [-0.25, -0.2) is 0 Å². The van der Waals surface area contributed by atoms with Gasteiger partial charge in [-0.1, -0.05) is 30.0 Å². The maximum atomic E-state index is 12.9. The van der Waals surface area contributed by atoms with E-state index in [1.807, 2.05) is 43.3 Å². The van der Waals surface area contributed by atoms with Gasteiger partial charge in [0.15, 0.2) is 22.5 Å². The molecule has 2 aromatic carbocycles. The summed E-state index contributed by atoms with van der Waals surface area (Å²) in [5.41, 5.74) is 1.67. The van der Waals surface area contributed by atoms with Crippen molar-refractivity contribution in [2.24, 2.45) is 0 Å². The third-order valence-corrected chi connectivity index (χ3v) is 6.61. The molecular weight excluding hydrogens is 426 g/mol. The molecule has 1 fully saturated rings. The quantitative estimate of drug-likeness (QED) is 0.549. The molecular formula is C23H25N5O3S. The fraction of sp³-hybridized carbons (Fsp3) is 0.348. The largest absolute Gasteiger partial charge is 0.454 e. The Morgan fingerprint density at radius 3 is 2.69 bits per heavy atom. The average Bonchev–Trinajstić information content (AvgIpc) is 3.56. The van der Waals surface area contributed by atoms with Crippen LogP contribution < -0.4 is 14.8 Å². The van der Waals surface area contributed by atoms with E-state index in [-0.39, 0.29) is 18.0 Å². The molecule has 1 aromatic heterocycles. The summed E-state index contributed by atoms with van der Waals surface area (Å²) in [6, 6.07) is 15.4. The molecule has 0 bridgehead atoms. The lowest BCUT2D eigenvalue weighted by Crippen LogP contribution is -2.23. The number of hydrogen-bond donors (Lipinski definition) is 1. The first kappa shape index (κ1) is 20.8. The van der Waals surface area contributed by atoms with Crippen molar-refractivity contribution in [3.8, 4) is 17.2 Å². The first-order valence-corrected chi connectivity index (χ1v) is 11.6. The summed E-state index contributed by atoms with van der Waals surface area (Å²) in [7, 11) is 0. The van der Waals surface area contributed by atoms with Crippen LogP contribution >= 0.6 is 11.8 Å². The Morgan fingerprint density at radius 2 is 1.88 bits per heavy atom. The van der Waals surface area contributed by atoms with E-state index in [0.29, 0.717) is 22.3 Å². The molecule has 1 atom stereocenters. The molecule has 0 unspecified atom stereocenters. The van der Waals surface area contributed by atoms with Crippen LogP contribution in [0, 0.1) is 0 Å². The Kier molecular flexibility index (Phi) is 6.00. The van der Waals surface area contributed by atoms with Crippen LogP contribution in [0.1, 0.15) is 25.6 Å². The van der Waals surface area contributed by atoms with Crippen LogP contribution in [-0.4, -0.2) is 50.7 Å². The molecule has 2 aliphatic rings. The molecule has 9 heteroatoms. The van der Waals surface area contributed by atoms with Crippen LogP contribution in [0.15, 0.2) is 53.7 Å². The highest BCUT2D eigenvalue weighted by atomic mass is 32.2. The van der Waals surface area contributed by atoms with Crippen molar-refractivity contribution in [2.45, 2.75) is 36.7 Å². The summed E-state index contributed by atoms with van der Waals surface area (Å²) >= 11 is 1.40. The van der Waals surface area contributed by atoms with E-state index in [0.717, 1.165) is 31.1 Å². The number of fused-ring (bicyclic) bond motifs is 1. The predicted octanol–water partition coefficient (Wildman–Crippen LogP) is 3.71. The zero-order valence-electron chi connectivity index (χ0n) is 17.9. The molecule has 5 rings (SSSR count). The Hall–Kier alpha value is -3.04. The Balaban J connectivity index is 1.33. The fourth-order valence-corrected chi connectivity index (χ4v) is 4.77. The smallest absolute Gasteiger partial charge is 0.237 e. The lowest BCUT2D eigenvalue weighted by molar-refractivity contribution is -0.115. The van der Waals surface area contributed by atoms with E-state index < -0.39 is 0 Å². The van der Waals surface area contributed by atoms with E-state index in [1.54, 1.807) is 12.1 Å². The number of benzene rings is 2. The molecule has 0 spiro atoms. The molecule has 0 radical (unpaired) electrons. The van der Waals surface area contributed by atoms with E-state index in [1.165, 1.54) is 24.6 Å². The van der Waals surface area contributed by atoms with Crippen molar-refractivity contribution >= 4 is 23.4 Å². The maximum absolute atomic E-state index is 12.9. The molecule has 0 saturated carbocycles. The summed E-state index contributed by atoms with van der Waals surface area (Å²) in [5.74, 6) is 2.10. The molecule has 3 heterocycles. The second-order valence-corrected chi connectivity index (χ2v) is 9.18. The van der Waals surface area contributed by atoms with Crippen LogP contribution in [0.25, 0.3) is 5.69 Å². The van der Waals surface area contributed by atoms with Crippen molar-refractivity contribution in [2.75, 3.05) is 25.2 Å². The molecule has 1 N–H and O–H groups in total. The Labute approximate surface area is 190 Å². The van der Waals surface area contributed by atoms with Crippen molar-refractivity contribution in [1.82, 2.24) is 19.7 Å². The van der Waals surface area contributed by atoms with Gasteiger partial charge in [0.1, 0.15) is 0 Å². The van der Waals surface area contributed by atoms with Crippen LogP contribution in [0.3, 0.4) is 0 Å². The van der Waals surface area contributed by atoms with E-state index >= 15 is 0 Å². The SMILES string of the molecule is C[C@H](Sc1nnc(CN2CCCC2)n1-c1ccccc1)C(=O)Nc1ccc2c(c1)OCO2. The molecule has 0 aliphatic carbocycles. The van der Waals surface area contributed by atoms with Crippen LogP contribution in [-0.2, 0) is 11.3 Å². The number of anilines is 1. The van der Waals surface area contributed by atoms with Gasteiger partial charge in [-0.15, -0.1) is 10.2 Å². The summed E-state index contributed by atoms with van der Waals surface area (Å²) in [4.78, 5) is 15.3. The monoisotopic (exact) mass is 451 g/mol. The number of hydrogen-bond acceptors (Lipinski definition) is 7. The van der Waals surface area contributed by atoms with Gasteiger partial charge >= 0.3 is 0 Å². The first-order chi connectivity index (χ1) is 15.7. The highest BCUT2D eigenvalue weighted by Crippen LogP contribution is 2.34. The number of carbonyl (C=O) groups excluding carboxylic acids is 1. The number of likely N-dealkylation sites (tertiary alicyclic amines) is 1. The van der Waals surface area contributed by atoms with E-state index in [4.69, 9.17) is 9.47 Å². The molecule has 166 valence electrons. The first-order valence-electron chi connectivity index (χ1n) is 10.8. The van der Waals surface area contributed by atoms with Gasteiger partial charge in [-0.05, 0) is 57.1 Å². The maximum Gasteiger partial charge on any atom is 0.237 e. The lowest BCUT2D eigenvalue weighted by atomic mass is 10.2. The van der Waals surface area contributed by atoms with Gasteiger partial charge < -0.3 is 14.8 Å². The predicted molar refractivity (Wildman–Crippen MR) is 122 cm³/mol. The van der Waals surface area contributed by atoms with Crippen molar-refractivity contribution < 1.29 is 14.3 Å². The molecule has 8 nitrogen and oxygen atoms in total. The minimum Gasteiger partial charge on any atom is -0.454 e. The van der Waals surface area contributed by atoms with Crippen molar-refractivity contribution in [1.29, 1.82) is 0 Å². The highest BCUT2D eigenvalue weighted by molar-refractivity contribution is 8.00. The van der Waals surface area contributed by atoms with E-state index in [2.05, 4.69) is 25.0 Å². The fourth-order valence-electron chi connectivity index (χ4n) is 3.89. The zero-order chi connectivity index (χ0) is 21.9. The Morgan fingerprint density at radius 1 is 1.09 bits per heavy atom. The molecule has 1 amide bonds. The standard InChI is InChI=1S/C23H25N5O3S/c1-16(22(29)24-17-9-10-19-20(13-17)31-15-30-19)32-23-26-25-21(14-27-11-5-6-12-27)28(23)18-7-3-2-4-8-18/h2-4,7-10,13,16H,5-6,11-12,14-15H2,1H3,(H,24,29)/t16-/m0/s1. The number of para-hydroxylation sites is 1. The number of rotatable bonds is 7. The van der Waals surface area contributed by atoms with Gasteiger partial charge in [-0.3, -0.25) is 14.3 Å². The van der Waals surface area contributed by atoms with Crippen LogP contribution in [0.5, 0.6) is 11.5 Å². The summed E-state index contributed by atoms with van der Waals surface area (Å²) in [6.45, 7) is 4.99. The minimum absolute atomic E-state index is 0.113. The van der Waals surface area contributed by atoms with Crippen molar-refractivity contribution in [3.05, 3.63) is 54.4 Å². The van der Waals surface area contributed by atoms with Crippen LogP contribution in [0.4, 0.5) is 5.69 Å². The van der Waals surface area contributed by atoms with Gasteiger partial charge in [-0.2, -0.15) is 0 Å². The zero-order valence-corrected chi connectivity index (χ0v) is 18.7. The highest BCUT2D eigenvalue weighted by Gasteiger charge is 2.23. The third-order valence-electron chi connectivity index (χ3n) is 5.57. The van der Waals surface area contributed by atoms with Gasteiger partial charge in [0.05, 0.1) is 11.8 Å². The van der Waals surface area contributed by atoms with Gasteiger partial charge in [0, 0.05) is 17.4 Å². The van der Waals surface area contributed by atoms with Gasteiger partial charge in [0.25, 0.3) is 0 Å². The number of carbonyl (C=O) groups is 1. The number of ether oxygens (including phenoxy) is 2. The number of aromatic nitrogens is 3. The van der Waals surface area contributed by atoms with E-state index in [9.17, 15) is 4.79 Å². The summed E-state index contributed by atoms with van der Waals surface area (Å²) in [5, 5.41) is 12.2. The number of thioether (sulfide) groups is 1. The second kappa shape index (κ2) is 9.22. The van der Waals surface area contributed by atoms with Crippen molar-refractivity contribution in [3.63, 3.8) is 0 Å². The second-order valence-electron chi connectivity index (χ2n) is 7.87. The number of nitrogens with zero attached hydrogens (tertiary/aromatic N) is 4. The minimum atomic E-state index is -0.369. The molecule has 32 heavy (non-hydrogen) atoms. The summed E-state index contributed by atoms with van der Waals surface area (Å²) in [6.07, 6.45) is 2.44. The Bertz CT molecular complexity index is 1100. The molecule has 1 saturated heterocycles. The van der Waals surface area contributed by atoms with Gasteiger partial charge in [0.2, 0.25) is 12.7 Å². The molecule has 3 aromatic rings. The topological polar surface area (TPSA) is 81.5 Å². The normalized spacial score (nSPS) is 16.3. The number of nitrogens with one attached hydrogen (secondary N) is 1. The lowest BCUT2D eigenvalue weighted by Gasteiger charge is -2.17. The van der Waals surface area contributed by atoms with Crippen LogP contribution in [0.2, 0.25) is 0 Å².